The molecule has 0 aliphatic carbocycles. The molecule has 0 atom stereocenters. The normalized spacial score (nSPS) is 10.2. The van der Waals surface area contributed by atoms with E-state index >= 15 is 0 Å². The lowest BCUT2D eigenvalue weighted by Gasteiger charge is -2.00. The smallest absolute Gasteiger partial charge is 0.270 e. The van der Waals surface area contributed by atoms with E-state index in [-0.39, 0.29) is 5.69 Å². The van der Waals surface area contributed by atoms with E-state index in [4.69, 9.17) is 10.3 Å². The lowest BCUT2D eigenvalue weighted by atomic mass is 10.3. The van der Waals surface area contributed by atoms with Crippen LogP contribution in [0.25, 0.3) is 0 Å². The molecule has 0 bridgehead atoms. The molecule has 1 amide bonds. The number of rotatable bonds is 4. The van der Waals surface area contributed by atoms with Gasteiger partial charge in [0.1, 0.15) is 0 Å². The summed E-state index contributed by atoms with van der Waals surface area (Å²) in [6.45, 7) is 0.321. The summed E-state index contributed by atoms with van der Waals surface area (Å²) < 4.78 is 5.68. The van der Waals surface area contributed by atoms with Gasteiger partial charge in [0.2, 0.25) is 5.95 Å². The fourth-order valence-electron chi connectivity index (χ4n) is 1.08. The molecule has 0 unspecified atom stereocenters. The quantitative estimate of drug-likeness (QED) is 0.869. The van der Waals surface area contributed by atoms with Crippen molar-refractivity contribution in [1.82, 2.24) is 15.1 Å². The second-order valence-electron chi connectivity index (χ2n) is 3.12. The standard InChI is InChI=1S/C9H8BrN5O2/c10-5-2-12-9(13-3-5)14-4-6-1-7(8(11)16)15-17-6/h1-3H,4H2,(H2,11,16)(H,12,13,14). The van der Waals surface area contributed by atoms with Crippen molar-refractivity contribution in [1.29, 1.82) is 0 Å². The first kappa shape index (κ1) is 11.5. The van der Waals surface area contributed by atoms with Crippen molar-refractivity contribution >= 4 is 27.8 Å². The van der Waals surface area contributed by atoms with Crippen molar-refractivity contribution in [3.8, 4) is 0 Å². The number of nitrogens with one attached hydrogen (secondary N) is 1. The van der Waals surface area contributed by atoms with Gasteiger partial charge in [-0.05, 0) is 15.9 Å². The van der Waals surface area contributed by atoms with Gasteiger partial charge >= 0.3 is 0 Å². The highest BCUT2D eigenvalue weighted by Gasteiger charge is 2.08. The summed E-state index contributed by atoms with van der Waals surface area (Å²) in [5, 5.41) is 6.42. The zero-order valence-electron chi connectivity index (χ0n) is 8.55. The van der Waals surface area contributed by atoms with E-state index < -0.39 is 5.91 Å². The molecule has 0 aliphatic rings. The van der Waals surface area contributed by atoms with E-state index in [1.165, 1.54) is 6.07 Å². The van der Waals surface area contributed by atoms with E-state index in [2.05, 4.69) is 36.4 Å². The molecule has 2 rings (SSSR count). The van der Waals surface area contributed by atoms with Crippen molar-refractivity contribution in [2.75, 3.05) is 5.32 Å². The van der Waals surface area contributed by atoms with E-state index in [0.717, 1.165) is 4.47 Å². The van der Waals surface area contributed by atoms with Gasteiger partial charge in [-0.25, -0.2) is 9.97 Å². The zero-order valence-corrected chi connectivity index (χ0v) is 10.1. The van der Waals surface area contributed by atoms with Gasteiger partial charge in [0.05, 0.1) is 11.0 Å². The third kappa shape index (κ3) is 3.00. The Morgan fingerprint density at radius 1 is 1.47 bits per heavy atom. The zero-order chi connectivity index (χ0) is 12.3. The van der Waals surface area contributed by atoms with Crippen LogP contribution in [0, 0.1) is 0 Å². The van der Waals surface area contributed by atoms with Gasteiger partial charge in [0.25, 0.3) is 5.91 Å². The summed E-state index contributed by atoms with van der Waals surface area (Å²) in [5.74, 6) is 0.301. The maximum Gasteiger partial charge on any atom is 0.270 e. The van der Waals surface area contributed by atoms with Crippen LogP contribution in [0.15, 0.2) is 27.5 Å². The Balaban J connectivity index is 1.97. The van der Waals surface area contributed by atoms with Gasteiger partial charge in [0, 0.05) is 18.5 Å². The molecule has 88 valence electrons. The van der Waals surface area contributed by atoms with Crippen LogP contribution in [0.5, 0.6) is 0 Å². The Bertz CT molecular complexity index is 524. The minimum absolute atomic E-state index is 0.0959. The molecule has 0 fully saturated rings. The lowest BCUT2D eigenvalue weighted by molar-refractivity contribution is 0.0991. The van der Waals surface area contributed by atoms with Crippen LogP contribution < -0.4 is 11.1 Å². The molecule has 3 N–H and O–H groups in total. The lowest BCUT2D eigenvalue weighted by Crippen LogP contribution is -2.10. The Hall–Kier alpha value is -1.96. The van der Waals surface area contributed by atoms with Gasteiger partial charge in [0.15, 0.2) is 11.5 Å². The van der Waals surface area contributed by atoms with Crippen molar-refractivity contribution in [3.63, 3.8) is 0 Å². The Kier molecular flexibility index (Phi) is 3.33. The van der Waals surface area contributed by atoms with Crippen LogP contribution in [0.4, 0.5) is 5.95 Å². The van der Waals surface area contributed by atoms with E-state index in [1.54, 1.807) is 12.4 Å². The van der Waals surface area contributed by atoms with Crippen LogP contribution in [-0.2, 0) is 6.54 Å². The molecular weight excluding hydrogens is 290 g/mol. The largest absolute Gasteiger partial charge is 0.364 e. The van der Waals surface area contributed by atoms with Crippen LogP contribution >= 0.6 is 15.9 Å². The molecule has 8 heteroatoms. The first-order chi connectivity index (χ1) is 8.15. The highest BCUT2D eigenvalue weighted by molar-refractivity contribution is 9.10. The number of halogens is 1. The number of anilines is 1. The highest BCUT2D eigenvalue weighted by atomic mass is 79.9. The summed E-state index contributed by atoms with van der Waals surface area (Å²) >= 11 is 3.23. The number of carbonyl (C=O) groups excluding carboxylic acids is 1. The molecule has 7 nitrogen and oxygen atoms in total. The number of hydrogen-bond donors (Lipinski definition) is 2. The molecule has 0 aromatic carbocycles. The summed E-state index contributed by atoms with van der Waals surface area (Å²) in [4.78, 5) is 18.8. The molecule has 0 saturated heterocycles. The van der Waals surface area contributed by atoms with Crippen LogP contribution in [0.3, 0.4) is 0 Å². The number of aromatic nitrogens is 3. The second kappa shape index (κ2) is 4.91. The predicted molar refractivity (Wildman–Crippen MR) is 62.1 cm³/mol. The summed E-state index contributed by atoms with van der Waals surface area (Å²) in [6.07, 6.45) is 3.23. The third-order valence-corrected chi connectivity index (χ3v) is 2.26. The Labute approximate surface area is 105 Å². The minimum atomic E-state index is -0.625. The summed E-state index contributed by atoms with van der Waals surface area (Å²) in [6, 6.07) is 1.47. The van der Waals surface area contributed by atoms with Gasteiger partial charge in [-0.2, -0.15) is 0 Å². The van der Waals surface area contributed by atoms with Crippen molar-refractivity contribution < 1.29 is 9.32 Å². The maximum absolute atomic E-state index is 10.8. The summed E-state index contributed by atoms with van der Waals surface area (Å²) in [5.41, 5.74) is 5.14. The number of nitrogens with two attached hydrogens (primary N) is 1. The molecule has 0 spiro atoms. The number of nitrogens with zero attached hydrogens (tertiary/aromatic N) is 3. The highest BCUT2D eigenvalue weighted by Crippen LogP contribution is 2.09. The topological polar surface area (TPSA) is 107 Å². The van der Waals surface area contributed by atoms with Crippen molar-refractivity contribution in [2.24, 2.45) is 5.73 Å². The first-order valence-electron chi connectivity index (χ1n) is 4.62. The van der Waals surface area contributed by atoms with Gasteiger partial charge in [-0.3, -0.25) is 4.79 Å². The second-order valence-corrected chi connectivity index (χ2v) is 4.04. The maximum atomic E-state index is 10.8. The van der Waals surface area contributed by atoms with Crippen molar-refractivity contribution in [2.45, 2.75) is 6.54 Å². The van der Waals surface area contributed by atoms with Gasteiger partial charge < -0.3 is 15.6 Å². The SMILES string of the molecule is NC(=O)c1cc(CNc2ncc(Br)cn2)on1. The molecule has 0 radical (unpaired) electrons. The molecular formula is C9H8BrN5O2. The fourth-order valence-corrected chi connectivity index (χ4v) is 1.29. The number of primary amides is 1. The fraction of sp³-hybridized carbons (Fsp3) is 0.111. The van der Waals surface area contributed by atoms with E-state index in [9.17, 15) is 4.79 Å². The van der Waals surface area contributed by atoms with Crippen molar-refractivity contribution in [3.05, 3.63) is 34.4 Å². The average molecular weight is 298 g/mol. The van der Waals surface area contributed by atoms with E-state index in [1.807, 2.05) is 0 Å². The minimum Gasteiger partial charge on any atom is -0.364 e. The third-order valence-electron chi connectivity index (χ3n) is 1.85. The van der Waals surface area contributed by atoms with Crippen LogP contribution in [0.2, 0.25) is 0 Å². The van der Waals surface area contributed by atoms with E-state index in [0.29, 0.717) is 18.3 Å². The number of amides is 1. The molecule has 0 aliphatic heterocycles. The van der Waals surface area contributed by atoms with Gasteiger partial charge in [-0.1, -0.05) is 5.16 Å². The molecule has 2 aromatic rings. The molecule has 0 saturated carbocycles. The van der Waals surface area contributed by atoms with Gasteiger partial charge in [-0.15, -0.1) is 0 Å². The molecule has 2 heterocycles. The Morgan fingerprint density at radius 3 is 2.76 bits per heavy atom. The number of hydrogen-bond acceptors (Lipinski definition) is 6. The van der Waals surface area contributed by atoms with Crippen LogP contribution in [-0.4, -0.2) is 21.0 Å². The first-order valence-corrected chi connectivity index (χ1v) is 5.41. The monoisotopic (exact) mass is 297 g/mol. The average Bonchev–Trinajstić information content (AvgIpc) is 2.77. The molecule has 17 heavy (non-hydrogen) atoms. The predicted octanol–water partition coefficient (Wildman–Crippen LogP) is 0.938. The summed E-state index contributed by atoms with van der Waals surface area (Å²) in [7, 11) is 0. The Morgan fingerprint density at radius 2 is 2.18 bits per heavy atom. The van der Waals surface area contributed by atoms with Crippen LogP contribution in [0.1, 0.15) is 16.2 Å². The number of carbonyl (C=O) groups is 1. The molecule has 2 aromatic heterocycles.